The van der Waals surface area contributed by atoms with Crippen molar-refractivity contribution in [2.75, 3.05) is 5.32 Å². The van der Waals surface area contributed by atoms with E-state index in [1.54, 1.807) is 6.20 Å². The topological polar surface area (TPSA) is 89.8 Å². The summed E-state index contributed by atoms with van der Waals surface area (Å²) in [5, 5.41) is 6.55. The van der Waals surface area contributed by atoms with Crippen molar-refractivity contribution in [1.29, 1.82) is 0 Å². The average Bonchev–Trinajstić information content (AvgIpc) is 2.42. The summed E-state index contributed by atoms with van der Waals surface area (Å²) in [5.41, 5.74) is 0.571. The molecule has 0 aliphatic carbocycles. The summed E-state index contributed by atoms with van der Waals surface area (Å²) in [6.45, 7) is 3.92. The second-order valence-electron chi connectivity index (χ2n) is 4.58. The molecule has 0 radical (unpaired) electrons. The van der Waals surface area contributed by atoms with Crippen molar-refractivity contribution in [3.63, 3.8) is 0 Å². The van der Waals surface area contributed by atoms with Gasteiger partial charge in [0.2, 0.25) is 0 Å². The van der Waals surface area contributed by atoms with E-state index in [-0.39, 0.29) is 17.2 Å². The van der Waals surface area contributed by atoms with Gasteiger partial charge in [0.1, 0.15) is 5.69 Å². The molecule has 7 heteroatoms. The van der Waals surface area contributed by atoms with E-state index < -0.39 is 5.91 Å². The molecule has 2 heterocycles. The lowest BCUT2D eigenvalue weighted by Crippen LogP contribution is -2.24. The van der Waals surface area contributed by atoms with Crippen LogP contribution in [-0.4, -0.2) is 25.7 Å². The van der Waals surface area contributed by atoms with Crippen LogP contribution >= 0.6 is 0 Å². The maximum atomic E-state index is 12.1. The number of nitrogens with zero attached hydrogens (tertiary/aromatic N) is 4. The molecule has 2 rings (SSSR count). The summed E-state index contributed by atoms with van der Waals surface area (Å²) >= 11 is 0. The number of aromatic nitrogens is 4. The first-order chi connectivity index (χ1) is 9.49. The van der Waals surface area contributed by atoms with Crippen molar-refractivity contribution >= 4 is 11.7 Å². The smallest absolute Gasteiger partial charge is 0.277 e. The normalized spacial score (nSPS) is 10.6. The highest BCUT2D eigenvalue weighted by atomic mass is 16.2. The molecular weight excluding hydrogens is 258 g/mol. The van der Waals surface area contributed by atoms with Crippen molar-refractivity contribution in [3.8, 4) is 0 Å². The lowest BCUT2D eigenvalue weighted by Gasteiger charge is -2.10. The zero-order valence-corrected chi connectivity index (χ0v) is 11.5. The summed E-state index contributed by atoms with van der Waals surface area (Å²) in [7, 11) is 1.49. The maximum Gasteiger partial charge on any atom is 0.277 e. The van der Waals surface area contributed by atoms with Gasteiger partial charge in [-0.05, 0) is 12.0 Å². The van der Waals surface area contributed by atoms with E-state index in [2.05, 4.69) is 20.4 Å². The summed E-state index contributed by atoms with van der Waals surface area (Å²) in [5.74, 6) is 0.109. The Bertz CT molecular complexity index is 693. The molecule has 104 valence electrons. The summed E-state index contributed by atoms with van der Waals surface area (Å²) in [6, 6.07) is 2.67. The number of rotatable bonds is 3. The molecule has 2 aromatic rings. The van der Waals surface area contributed by atoms with Gasteiger partial charge in [0.15, 0.2) is 5.82 Å². The SMILES string of the molecule is CC(C)c1nccnc1NC(=O)c1ccc(=O)n(C)n1. The number of amides is 1. The first kappa shape index (κ1) is 13.9. The predicted octanol–water partition coefficient (Wildman–Crippen LogP) is 0.946. The van der Waals surface area contributed by atoms with Crippen molar-refractivity contribution in [1.82, 2.24) is 19.7 Å². The molecule has 0 atom stereocenters. The van der Waals surface area contributed by atoms with E-state index >= 15 is 0 Å². The first-order valence-electron chi connectivity index (χ1n) is 6.15. The van der Waals surface area contributed by atoms with Crippen LogP contribution in [-0.2, 0) is 7.05 Å². The fourth-order valence-corrected chi connectivity index (χ4v) is 1.66. The second-order valence-corrected chi connectivity index (χ2v) is 4.58. The lowest BCUT2D eigenvalue weighted by atomic mass is 10.1. The summed E-state index contributed by atoms with van der Waals surface area (Å²) in [6.07, 6.45) is 3.09. The van der Waals surface area contributed by atoms with Crippen LogP contribution in [0, 0.1) is 0 Å². The monoisotopic (exact) mass is 273 g/mol. The Hall–Kier alpha value is -2.57. The van der Waals surface area contributed by atoms with E-state index in [0.29, 0.717) is 11.5 Å². The van der Waals surface area contributed by atoms with Gasteiger partial charge in [0.05, 0.1) is 5.69 Å². The molecule has 1 N–H and O–H groups in total. The molecule has 0 unspecified atom stereocenters. The van der Waals surface area contributed by atoms with Gasteiger partial charge in [-0.15, -0.1) is 0 Å². The van der Waals surface area contributed by atoms with Gasteiger partial charge in [0.25, 0.3) is 11.5 Å². The van der Waals surface area contributed by atoms with Gasteiger partial charge in [0, 0.05) is 25.5 Å². The van der Waals surface area contributed by atoms with Crippen LogP contribution in [0.3, 0.4) is 0 Å². The standard InChI is InChI=1S/C13H15N5O2/c1-8(2)11-12(15-7-6-14-11)16-13(20)9-4-5-10(19)18(3)17-9/h4-8H,1-3H3,(H,15,16,20). The Kier molecular flexibility index (Phi) is 3.88. The van der Waals surface area contributed by atoms with Gasteiger partial charge in [-0.25, -0.2) is 9.67 Å². The minimum Gasteiger partial charge on any atom is -0.304 e. The van der Waals surface area contributed by atoms with E-state index in [9.17, 15) is 9.59 Å². The Morgan fingerprint density at radius 3 is 2.60 bits per heavy atom. The number of aryl methyl sites for hydroxylation is 1. The molecule has 0 aliphatic rings. The van der Waals surface area contributed by atoms with Crippen LogP contribution in [0.25, 0.3) is 0 Å². The van der Waals surface area contributed by atoms with Crippen molar-refractivity contribution in [2.24, 2.45) is 7.05 Å². The average molecular weight is 273 g/mol. The third-order valence-corrected chi connectivity index (χ3v) is 2.70. The number of carbonyl (C=O) groups is 1. The zero-order valence-electron chi connectivity index (χ0n) is 11.5. The maximum absolute atomic E-state index is 12.1. The molecule has 7 nitrogen and oxygen atoms in total. The van der Waals surface area contributed by atoms with Crippen LogP contribution < -0.4 is 10.9 Å². The summed E-state index contributed by atoms with van der Waals surface area (Å²) < 4.78 is 1.11. The van der Waals surface area contributed by atoms with Gasteiger partial charge in [-0.2, -0.15) is 5.10 Å². The molecule has 20 heavy (non-hydrogen) atoms. The molecule has 0 aliphatic heterocycles. The van der Waals surface area contributed by atoms with Crippen LogP contribution in [0.2, 0.25) is 0 Å². The van der Waals surface area contributed by atoms with Crippen LogP contribution in [0.5, 0.6) is 0 Å². The van der Waals surface area contributed by atoms with Crippen LogP contribution in [0.15, 0.2) is 29.3 Å². The molecule has 0 saturated carbocycles. The third-order valence-electron chi connectivity index (χ3n) is 2.70. The number of carbonyl (C=O) groups excluding carboxylic acids is 1. The largest absolute Gasteiger partial charge is 0.304 e. The Morgan fingerprint density at radius 2 is 1.95 bits per heavy atom. The van der Waals surface area contributed by atoms with Gasteiger partial charge in [-0.3, -0.25) is 14.6 Å². The van der Waals surface area contributed by atoms with E-state index in [0.717, 1.165) is 4.68 Å². The molecule has 1 amide bonds. The molecule has 0 saturated heterocycles. The predicted molar refractivity (Wildman–Crippen MR) is 73.6 cm³/mol. The van der Waals surface area contributed by atoms with Crippen LogP contribution in [0.1, 0.15) is 35.9 Å². The Labute approximate surface area is 115 Å². The lowest BCUT2D eigenvalue weighted by molar-refractivity contribution is 0.101. The highest BCUT2D eigenvalue weighted by Crippen LogP contribution is 2.18. The van der Waals surface area contributed by atoms with Gasteiger partial charge in [-0.1, -0.05) is 13.8 Å². The quantitative estimate of drug-likeness (QED) is 0.899. The number of hydrogen-bond donors (Lipinski definition) is 1. The third kappa shape index (κ3) is 2.87. The summed E-state index contributed by atoms with van der Waals surface area (Å²) in [4.78, 5) is 31.7. The number of hydrogen-bond acceptors (Lipinski definition) is 5. The Morgan fingerprint density at radius 1 is 1.25 bits per heavy atom. The van der Waals surface area contributed by atoms with Crippen LogP contribution in [0.4, 0.5) is 5.82 Å². The van der Waals surface area contributed by atoms with E-state index in [1.807, 2.05) is 13.8 Å². The number of nitrogens with one attached hydrogen (secondary N) is 1. The molecule has 0 fully saturated rings. The molecule has 0 bridgehead atoms. The fraction of sp³-hybridized carbons (Fsp3) is 0.308. The zero-order chi connectivity index (χ0) is 14.7. The fourth-order valence-electron chi connectivity index (χ4n) is 1.66. The van der Waals surface area contributed by atoms with Gasteiger partial charge < -0.3 is 5.32 Å². The second kappa shape index (κ2) is 5.60. The Balaban J connectivity index is 2.28. The highest BCUT2D eigenvalue weighted by Gasteiger charge is 2.14. The van der Waals surface area contributed by atoms with Crippen molar-refractivity contribution < 1.29 is 4.79 Å². The van der Waals surface area contributed by atoms with Crippen molar-refractivity contribution in [2.45, 2.75) is 19.8 Å². The highest BCUT2D eigenvalue weighted by molar-refractivity contribution is 6.02. The molecular formula is C13H15N5O2. The van der Waals surface area contributed by atoms with Crippen molar-refractivity contribution in [3.05, 3.63) is 46.3 Å². The van der Waals surface area contributed by atoms with E-state index in [1.165, 1.54) is 25.4 Å². The molecule has 0 aromatic carbocycles. The minimum absolute atomic E-state index is 0.132. The molecule has 2 aromatic heterocycles. The first-order valence-corrected chi connectivity index (χ1v) is 6.15. The number of anilines is 1. The minimum atomic E-state index is -0.428. The molecule has 0 spiro atoms. The van der Waals surface area contributed by atoms with E-state index in [4.69, 9.17) is 0 Å². The van der Waals surface area contributed by atoms with Gasteiger partial charge >= 0.3 is 0 Å².